The summed E-state index contributed by atoms with van der Waals surface area (Å²) >= 11 is 1.11. The number of hydrogen-bond donors (Lipinski definition) is 1. The van der Waals surface area contributed by atoms with E-state index in [0.717, 1.165) is 36.4 Å². The molecule has 1 saturated heterocycles. The van der Waals surface area contributed by atoms with Crippen molar-refractivity contribution in [3.8, 4) is 40.3 Å². The molecule has 2 aliphatic rings. The molecule has 0 atom stereocenters. The zero-order chi connectivity index (χ0) is 29.2. The molecule has 0 bridgehead atoms. The predicted molar refractivity (Wildman–Crippen MR) is 147 cm³/mol. The molecule has 1 N–H and O–H groups in total. The highest BCUT2D eigenvalue weighted by Gasteiger charge is 2.23. The van der Waals surface area contributed by atoms with E-state index in [0.29, 0.717) is 29.9 Å². The summed E-state index contributed by atoms with van der Waals surface area (Å²) in [6, 6.07) is 5.48. The van der Waals surface area contributed by atoms with Gasteiger partial charge in [-0.1, -0.05) is 17.3 Å². The highest BCUT2D eigenvalue weighted by molar-refractivity contribution is 7.15. The lowest BCUT2D eigenvalue weighted by Gasteiger charge is -2.26. The Balaban J connectivity index is 1.38. The SMILES string of the molecule is COc1cnc(C(F)F)cc1-c1cc(-n2ccc(OC3COC3)cc2=O)ncc1C(=O)Nc1nnc(C#CC2CC2)s1. The molecule has 0 unspecified atom stereocenters. The highest BCUT2D eigenvalue weighted by Crippen LogP contribution is 2.35. The number of amides is 1. The summed E-state index contributed by atoms with van der Waals surface area (Å²) in [5.74, 6) is 6.43. The van der Waals surface area contributed by atoms with Crippen LogP contribution >= 0.6 is 11.3 Å². The number of ether oxygens (including phenoxy) is 3. The zero-order valence-corrected chi connectivity index (χ0v) is 22.9. The van der Waals surface area contributed by atoms with Gasteiger partial charge in [0.15, 0.2) is 5.01 Å². The third kappa shape index (κ3) is 5.97. The van der Waals surface area contributed by atoms with E-state index in [1.54, 1.807) is 6.07 Å². The first kappa shape index (κ1) is 27.4. The van der Waals surface area contributed by atoms with Crippen molar-refractivity contribution >= 4 is 22.4 Å². The number of methoxy groups -OCH3 is 1. The van der Waals surface area contributed by atoms with E-state index in [2.05, 4.69) is 37.3 Å². The van der Waals surface area contributed by atoms with Crippen molar-refractivity contribution in [3.05, 3.63) is 69.5 Å². The topological polar surface area (TPSA) is 130 Å². The largest absolute Gasteiger partial charge is 0.494 e. The van der Waals surface area contributed by atoms with Crippen molar-refractivity contribution in [3.63, 3.8) is 0 Å². The van der Waals surface area contributed by atoms with Gasteiger partial charge in [-0.25, -0.2) is 13.8 Å². The summed E-state index contributed by atoms with van der Waals surface area (Å²) in [5.41, 5.74) is -0.620. The quantitative estimate of drug-likeness (QED) is 0.303. The predicted octanol–water partition coefficient (Wildman–Crippen LogP) is 3.88. The molecular weight excluding hydrogens is 570 g/mol. The maximum atomic E-state index is 13.6. The average molecular weight is 593 g/mol. The number of hydrogen-bond acceptors (Lipinski definition) is 10. The van der Waals surface area contributed by atoms with E-state index in [4.69, 9.17) is 14.2 Å². The fourth-order valence-electron chi connectivity index (χ4n) is 4.01. The Bertz CT molecular complexity index is 1770. The van der Waals surface area contributed by atoms with Gasteiger partial charge in [0.2, 0.25) is 5.13 Å². The summed E-state index contributed by atoms with van der Waals surface area (Å²) < 4.78 is 44.7. The van der Waals surface area contributed by atoms with Gasteiger partial charge in [0, 0.05) is 35.5 Å². The number of nitrogens with zero attached hydrogens (tertiary/aromatic N) is 5. The summed E-state index contributed by atoms with van der Waals surface area (Å²) in [7, 11) is 1.35. The van der Waals surface area contributed by atoms with Crippen molar-refractivity contribution in [2.45, 2.75) is 25.4 Å². The summed E-state index contributed by atoms with van der Waals surface area (Å²) in [6.07, 6.45) is 3.00. The van der Waals surface area contributed by atoms with Crippen LogP contribution in [0.4, 0.5) is 13.9 Å². The first-order valence-corrected chi connectivity index (χ1v) is 13.7. The number of aromatic nitrogens is 5. The molecule has 14 heteroatoms. The van der Waals surface area contributed by atoms with Crippen LogP contribution in [0.1, 0.15) is 40.3 Å². The first-order valence-electron chi connectivity index (χ1n) is 12.8. The van der Waals surface area contributed by atoms with Gasteiger partial charge < -0.3 is 14.2 Å². The second-order valence-corrected chi connectivity index (χ2v) is 10.4. The Morgan fingerprint density at radius 3 is 2.69 bits per heavy atom. The maximum absolute atomic E-state index is 13.6. The van der Waals surface area contributed by atoms with Gasteiger partial charge in [-0.3, -0.25) is 24.5 Å². The van der Waals surface area contributed by atoms with Crippen molar-refractivity contribution in [2.24, 2.45) is 5.92 Å². The molecule has 0 radical (unpaired) electrons. The van der Waals surface area contributed by atoms with Crippen LogP contribution in [0.5, 0.6) is 11.5 Å². The Morgan fingerprint density at radius 2 is 2.00 bits per heavy atom. The van der Waals surface area contributed by atoms with Crippen LogP contribution in [0, 0.1) is 17.8 Å². The van der Waals surface area contributed by atoms with Gasteiger partial charge >= 0.3 is 0 Å². The molecule has 2 fully saturated rings. The summed E-state index contributed by atoms with van der Waals surface area (Å²) in [5, 5.41) is 11.3. The molecule has 4 aromatic heterocycles. The van der Waals surface area contributed by atoms with E-state index in [1.807, 2.05) is 0 Å². The minimum atomic E-state index is -2.87. The van der Waals surface area contributed by atoms with Gasteiger partial charge in [0.25, 0.3) is 17.9 Å². The van der Waals surface area contributed by atoms with Crippen LogP contribution in [0.3, 0.4) is 0 Å². The molecule has 5 heterocycles. The smallest absolute Gasteiger partial charge is 0.280 e. The molecular formula is C28H22F2N6O5S. The lowest BCUT2D eigenvalue weighted by Crippen LogP contribution is -2.38. The summed E-state index contributed by atoms with van der Waals surface area (Å²) in [6.45, 7) is 0.885. The van der Waals surface area contributed by atoms with Crippen LogP contribution < -0.4 is 20.3 Å². The van der Waals surface area contributed by atoms with Crippen LogP contribution in [0.15, 0.2) is 47.7 Å². The number of carbonyl (C=O) groups is 1. The molecule has 6 rings (SSSR count). The fraction of sp³-hybridized carbons (Fsp3) is 0.286. The van der Waals surface area contributed by atoms with E-state index >= 15 is 0 Å². The number of anilines is 1. The number of pyridine rings is 3. The molecule has 1 amide bonds. The Kier molecular flexibility index (Phi) is 7.60. The monoisotopic (exact) mass is 592 g/mol. The molecule has 1 aliphatic carbocycles. The van der Waals surface area contributed by atoms with E-state index in [-0.39, 0.29) is 39.5 Å². The number of halogens is 2. The number of alkyl halides is 2. The lowest BCUT2D eigenvalue weighted by molar-refractivity contribution is -0.0797. The van der Waals surface area contributed by atoms with Crippen molar-refractivity contribution in [1.82, 2.24) is 24.7 Å². The normalized spacial score (nSPS) is 14.6. The van der Waals surface area contributed by atoms with Gasteiger partial charge in [-0.2, -0.15) is 0 Å². The molecule has 1 saturated carbocycles. The van der Waals surface area contributed by atoms with Crippen LogP contribution in [-0.4, -0.2) is 57.1 Å². The number of nitrogens with one attached hydrogen (secondary N) is 1. The molecule has 214 valence electrons. The van der Waals surface area contributed by atoms with Crippen LogP contribution in [-0.2, 0) is 4.74 Å². The molecule has 42 heavy (non-hydrogen) atoms. The van der Waals surface area contributed by atoms with Crippen LogP contribution in [0.25, 0.3) is 16.9 Å². The molecule has 11 nitrogen and oxygen atoms in total. The number of rotatable bonds is 8. The van der Waals surface area contributed by atoms with Crippen LogP contribution in [0.2, 0.25) is 0 Å². The van der Waals surface area contributed by atoms with Crippen molar-refractivity contribution < 1.29 is 27.8 Å². The Labute approximate surface area is 241 Å². The molecule has 0 spiro atoms. The van der Waals surface area contributed by atoms with Gasteiger partial charge in [0.1, 0.15) is 29.1 Å². The zero-order valence-electron chi connectivity index (χ0n) is 22.0. The second-order valence-electron chi connectivity index (χ2n) is 9.46. The van der Waals surface area contributed by atoms with Crippen molar-refractivity contribution in [2.75, 3.05) is 25.6 Å². The third-order valence-electron chi connectivity index (χ3n) is 6.41. The highest BCUT2D eigenvalue weighted by atomic mass is 32.1. The average Bonchev–Trinajstić information content (AvgIpc) is 3.70. The maximum Gasteiger partial charge on any atom is 0.280 e. The number of carbonyl (C=O) groups excluding carboxylic acids is 1. The summed E-state index contributed by atoms with van der Waals surface area (Å²) in [4.78, 5) is 34.5. The van der Waals surface area contributed by atoms with E-state index in [1.165, 1.54) is 36.2 Å². The molecule has 0 aromatic carbocycles. The Hall–Kier alpha value is -4.74. The van der Waals surface area contributed by atoms with Gasteiger partial charge in [-0.05, 0) is 37.0 Å². The van der Waals surface area contributed by atoms with Gasteiger partial charge in [-0.15, -0.1) is 10.2 Å². The minimum absolute atomic E-state index is 0.0160. The minimum Gasteiger partial charge on any atom is -0.494 e. The molecule has 4 aromatic rings. The van der Waals surface area contributed by atoms with E-state index < -0.39 is 23.6 Å². The standard InChI is InChI=1S/C28H22F2N6O5S/c1-39-22-12-31-21(26(29)30)9-19(22)18-10-23(36-7-6-16(8-25(36)37)41-17-13-40-14-17)32-11-20(18)27(38)33-28-35-34-24(42-28)5-4-15-2-3-15/h6-12,15,17,26H,2-3,13-14H2,1H3,(H,33,35,38). The molecule has 1 aliphatic heterocycles. The fourth-order valence-corrected chi connectivity index (χ4v) is 4.61. The van der Waals surface area contributed by atoms with Crippen molar-refractivity contribution in [1.29, 1.82) is 0 Å². The first-order chi connectivity index (χ1) is 20.4. The second kappa shape index (κ2) is 11.6. The Morgan fingerprint density at radius 1 is 1.17 bits per heavy atom. The van der Waals surface area contributed by atoms with E-state index in [9.17, 15) is 18.4 Å². The third-order valence-corrected chi connectivity index (χ3v) is 7.16. The van der Waals surface area contributed by atoms with Gasteiger partial charge in [0.05, 0.1) is 32.1 Å². The lowest BCUT2D eigenvalue weighted by atomic mass is 10.00.